The van der Waals surface area contributed by atoms with E-state index in [1.165, 1.54) is 32.1 Å². The van der Waals surface area contributed by atoms with Crippen LogP contribution in [0.1, 0.15) is 89.5 Å². The van der Waals surface area contributed by atoms with E-state index in [0.717, 1.165) is 57.9 Å². The Hall–Kier alpha value is -1.45. The van der Waals surface area contributed by atoms with Crippen LogP contribution < -0.4 is 15.8 Å². The van der Waals surface area contributed by atoms with Gasteiger partial charge in [-0.1, -0.05) is 58.3 Å². The standard InChI is InChI=1S/C21H35NO3/c1-3-4-5-6-9-12-15-22(19-18(2)20(24)21(19)25)16-13-10-7-8-11-14-17-23/h17H,3-16H2,1-2H3. The molecule has 0 aliphatic rings. The molecule has 0 saturated carbocycles. The van der Waals surface area contributed by atoms with Crippen molar-refractivity contribution in [3.63, 3.8) is 0 Å². The van der Waals surface area contributed by atoms with Crippen molar-refractivity contribution in [2.75, 3.05) is 18.0 Å². The second-order valence-corrected chi connectivity index (χ2v) is 7.11. The van der Waals surface area contributed by atoms with Crippen LogP contribution in [-0.2, 0) is 4.79 Å². The van der Waals surface area contributed by atoms with Crippen LogP contribution in [-0.4, -0.2) is 19.4 Å². The third-order valence-corrected chi connectivity index (χ3v) is 4.96. The molecule has 0 aliphatic heterocycles. The zero-order valence-electron chi connectivity index (χ0n) is 16.1. The lowest BCUT2D eigenvalue weighted by Gasteiger charge is -2.27. The molecule has 1 rings (SSSR count). The minimum Gasteiger partial charge on any atom is -0.368 e. The molecule has 0 fully saturated rings. The van der Waals surface area contributed by atoms with Gasteiger partial charge in [0.25, 0.3) is 0 Å². The zero-order valence-corrected chi connectivity index (χ0v) is 16.1. The first-order valence-corrected chi connectivity index (χ1v) is 10.1. The number of anilines is 1. The van der Waals surface area contributed by atoms with Gasteiger partial charge in [0.2, 0.25) is 10.9 Å². The molecule has 0 aromatic heterocycles. The highest BCUT2D eigenvalue weighted by atomic mass is 16.2. The first kappa shape index (κ1) is 21.6. The van der Waals surface area contributed by atoms with Crippen LogP contribution in [0.5, 0.6) is 0 Å². The van der Waals surface area contributed by atoms with Crippen LogP contribution in [0.25, 0.3) is 0 Å². The maximum atomic E-state index is 11.9. The van der Waals surface area contributed by atoms with Crippen molar-refractivity contribution in [1.82, 2.24) is 0 Å². The summed E-state index contributed by atoms with van der Waals surface area (Å²) in [5, 5.41) is 0. The van der Waals surface area contributed by atoms with Gasteiger partial charge in [0.15, 0.2) is 0 Å². The van der Waals surface area contributed by atoms with E-state index in [9.17, 15) is 14.4 Å². The molecule has 0 amide bonds. The van der Waals surface area contributed by atoms with Gasteiger partial charge in [-0.15, -0.1) is 0 Å². The molecule has 0 radical (unpaired) electrons. The van der Waals surface area contributed by atoms with Crippen LogP contribution in [0.3, 0.4) is 0 Å². The molecule has 25 heavy (non-hydrogen) atoms. The van der Waals surface area contributed by atoms with Crippen molar-refractivity contribution in [1.29, 1.82) is 0 Å². The maximum absolute atomic E-state index is 11.9. The summed E-state index contributed by atoms with van der Waals surface area (Å²) in [6.07, 6.45) is 14.4. The molecule has 0 unspecified atom stereocenters. The lowest BCUT2D eigenvalue weighted by Crippen LogP contribution is -2.43. The summed E-state index contributed by atoms with van der Waals surface area (Å²) >= 11 is 0. The van der Waals surface area contributed by atoms with E-state index < -0.39 is 0 Å². The van der Waals surface area contributed by atoms with Crippen LogP contribution >= 0.6 is 0 Å². The molecule has 142 valence electrons. The minimum absolute atomic E-state index is 0.297. The summed E-state index contributed by atoms with van der Waals surface area (Å²) in [6.45, 7) is 5.72. The van der Waals surface area contributed by atoms with E-state index in [1.807, 2.05) is 0 Å². The molecule has 4 nitrogen and oxygen atoms in total. The molecular weight excluding hydrogens is 314 g/mol. The van der Waals surface area contributed by atoms with Crippen LogP contribution in [0.2, 0.25) is 0 Å². The average Bonchev–Trinajstić information content (AvgIpc) is 2.63. The van der Waals surface area contributed by atoms with Crippen molar-refractivity contribution < 1.29 is 4.79 Å². The van der Waals surface area contributed by atoms with Crippen LogP contribution in [0.4, 0.5) is 5.69 Å². The highest BCUT2D eigenvalue weighted by Gasteiger charge is 2.22. The van der Waals surface area contributed by atoms with Crippen molar-refractivity contribution >= 4 is 12.0 Å². The first-order valence-electron chi connectivity index (χ1n) is 10.1. The van der Waals surface area contributed by atoms with E-state index in [2.05, 4.69) is 11.8 Å². The van der Waals surface area contributed by atoms with Crippen LogP contribution in [0, 0.1) is 6.92 Å². The van der Waals surface area contributed by atoms with Gasteiger partial charge in [0, 0.05) is 25.1 Å². The smallest absolute Gasteiger partial charge is 0.249 e. The predicted octanol–water partition coefficient (Wildman–Crippen LogP) is 4.30. The summed E-state index contributed by atoms with van der Waals surface area (Å²) < 4.78 is 0. The van der Waals surface area contributed by atoms with Crippen molar-refractivity contribution in [3.8, 4) is 0 Å². The van der Waals surface area contributed by atoms with Crippen molar-refractivity contribution in [2.24, 2.45) is 0 Å². The number of unbranched alkanes of at least 4 members (excludes halogenated alkanes) is 10. The Labute approximate surface area is 152 Å². The second-order valence-electron chi connectivity index (χ2n) is 7.11. The number of rotatable bonds is 16. The average molecular weight is 350 g/mol. The Balaban J connectivity index is 2.37. The molecule has 0 atom stereocenters. The predicted molar refractivity (Wildman–Crippen MR) is 105 cm³/mol. The summed E-state index contributed by atoms with van der Waals surface area (Å²) in [4.78, 5) is 35.9. The molecule has 0 aliphatic carbocycles. The first-order chi connectivity index (χ1) is 12.1. The zero-order chi connectivity index (χ0) is 18.5. The highest BCUT2D eigenvalue weighted by molar-refractivity contribution is 5.57. The summed E-state index contributed by atoms with van der Waals surface area (Å²) in [5.74, 6) is 0. The van der Waals surface area contributed by atoms with Gasteiger partial charge in [0.1, 0.15) is 6.29 Å². The highest BCUT2D eigenvalue weighted by Crippen LogP contribution is 2.17. The minimum atomic E-state index is -0.309. The van der Waals surface area contributed by atoms with Gasteiger partial charge < -0.3 is 9.69 Å². The van der Waals surface area contributed by atoms with Crippen molar-refractivity contribution in [3.05, 3.63) is 26.0 Å². The lowest BCUT2D eigenvalue weighted by molar-refractivity contribution is -0.107. The Morgan fingerprint density at radius 3 is 1.80 bits per heavy atom. The third-order valence-electron chi connectivity index (χ3n) is 4.96. The largest absolute Gasteiger partial charge is 0.368 e. The fourth-order valence-corrected chi connectivity index (χ4v) is 3.35. The fourth-order valence-electron chi connectivity index (χ4n) is 3.35. The summed E-state index contributed by atoms with van der Waals surface area (Å²) in [6, 6.07) is 0. The molecule has 0 heterocycles. The third kappa shape index (κ3) is 7.54. The van der Waals surface area contributed by atoms with Gasteiger partial charge >= 0.3 is 0 Å². The Morgan fingerprint density at radius 2 is 1.28 bits per heavy atom. The normalized spacial score (nSPS) is 11.1. The topological polar surface area (TPSA) is 54.5 Å². The van der Waals surface area contributed by atoms with E-state index in [4.69, 9.17) is 0 Å². The molecule has 0 spiro atoms. The fraction of sp³-hybridized carbons (Fsp3) is 0.762. The SMILES string of the molecule is CCCCCCCCN(CCCCCCCC=O)c1c(C)c(=O)c1=O. The maximum Gasteiger partial charge on any atom is 0.249 e. The Morgan fingerprint density at radius 1 is 0.760 bits per heavy atom. The van der Waals surface area contributed by atoms with E-state index in [1.54, 1.807) is 6.92 Å². The number of hydrogen-bond acceptors (Lipinski definition) is 4. The molecule has 0 N–H and O–H groups in total. The monoisotopic (exact) mass is 349 g/mol. The van der Waals surface area contributed by atoms with Crippen molar-refractivity contribution in [2.45, 2.75) is 90.9 Å². The van der Waals surface area contributed by atoms with Gasteiger partial charge in [-0.05, 0) is 26.2 Å². The lowest BCUT2D eigenvalue weighted by atomic mass is 10.1. The Kier molecular flexibility index (Phi) is 11.1. The van der Waals surface area contributed by atoms with Crippen LogP contribution in [0.15, 0.2) is 9.59 Å². The van der Waals surface area contributed by atoms with Gasteiger partial charge in [-0.3, -0.25) is 9.59 Å². The van der Waals surface area contributed by atoms with Gasteiger partial charge in [-0.25, -0.2) is 0 Å². The number of carbonyl (C=O) groups excluding carboxylic acids is 1. The number of carbonyl (C=O) groups is 1. The number of hydrogen-bond donors (Lipinski definition) is 0. The Bertz CT molecular complexity index is 558. The quantitative estimate of drug-likeness (QED) is 0.254. The molecule has 0 bridgehead atoms. The van der Waals surface area contributed by atoms with Gasteiger partial charge in [0.05, 0.1) is 5.69 Å². The summed E-state index contributed by atoms with van der Waals surface area (Å²) in [5.41, 5.74) is 0.702. The molecular formula is C21H35NO3. The molecule has 0 saturated heterocycles. The molecule has 1 aromatic rings. The second kappa shape index (κ2) is 12.8. The number of aldehydes is 1. The molecule has 4 heteroatoms. The van der Waals surface area contributed by atoms with E-state index in [-0.39, 0.29) is 10.9 Å². The van der Waals surface area contributed by atoms with E-state index >= 15 is 0 Å². The molecule has 1 aromatic carbocycles. The number of nitrogens with zero attached hydrogens (tertiary/aromatic N) is 1. The van der Waals surface area contributed by atoms with E-state index in [0.29, 0.717) is 17.7 Å². The van der Waals surface area contributed by atoms with Gasteiger partial charge in [-0.2, -0.15) is 0 Å². The summed E-state index contributed by atoms with van der Waals surface area (Å²) in [7, 11) is 0.